The molecule has 1 aromatic rings. The summed E-state index contributed by atoms with van der Waals surface area (Å²) in [5.74, 6) is -1.73. The summed E-state index contributed by atoms with van der Waals surface area (Å²) in [6, 6.07) is 3.43. The summed E-state index contributed by atoms with van der Waals surface area (Å²) < 4.78 is 13.1. The van der Waals surface area contributed by atoms with Crippen LogP contribution in [-0.2, 0) is 4.79 Å². The van der Waals surface area contributed by atoms with E-state index in [-0.39, 0.29) is 6.04 Å². The van der Waals surface area contributed by atoms with Gasteiger partial charge in [-0.3, -0.25) is 10.1 Å². The van der Waals surface area contributed by atoms with Crippen LogP contribution in [0.5, 0.6) is 5.75 Å². The number of hydrogen-bond acceptors (Lipinski definition) is 3. The van der Waals surface area contributed by atoms with Gasteiger partial charge in [-0.05, 0) is 30.5 Å². The van der Waals surface area contributed by atoms with Gasteiger partial charge in [0.2, 0.25) is 5.91 Å². The predicted octanol–water partition coefficient (Wildman–Crippen LogP) is 0.810. The summed E-state index contributed by atoms with van der Waals surface area (Å²) in [6.07, 6.45) is 2.01. The van der Waals surface area contributed by atoms with Gasteiger partial charge in [0.1, 0.15) is 6.04 Å². The van der Waals surface area contributed by atoms with Gasteiger partial charge in [0.05, 0.1) is 0 Å². The summed E-state index contributed by atoms with van der Waals surface area (Å²) in [6.45, 7) is 0. The van der Waals surface area contributed by atoms with Crippen molar-refractivity contribution in [3.05, 3.63) is 29.6 Å². The molecule has 86 valence electrons. The van der Waals surface area contributed by atoms with Gasteiger partial charge in [0.25, 0.3) is 0 Å². The second kappa shape index (κ2) is 4.09. The van der Waals surface area contributed by atoms with Gasteiger partial charge in [-0.25, -0.2) is 4.39 Å². The largest absolute Gasteiger partial charge is 0.505 e. The third-order valence-electron chi connectivity index (χ3n) is 2.57. The highest BCUT2D eigenvalue weighted by atomic mass is 19.1. The third kappa shape index (κ3) is 2.30. The fourth-order valence-electron chi connectivity index (χ4n) is 1.53. The minimum atomic E-state index is -0.749. The van der Waals surface area contributed by atoms with Gasteiger partial charge < -0.3 is 10.8 Å². The van der Waals surface area contributed by atoms with Gasteiger partial charge >= 0.3 is 0 Å². The molecule has 1 aliphatic rings. The van der Waals surface area contributed by atoms with Crippen LogP contribution in [0, 0.1) is 5.82 Å². The Hall–Kier alpha value is -1.62. The van der Waals surface area contributed by atoms with Crippen molar-refractivity contribution in [2.75, 3.05) is 0 Å². The first-order valence-electron chi connectivity index (χ1n) is 5.11. The molecule has 1 atom stereocenters. The van der Waals surface area contributed by atoms with Gasteiger partial charge in [-0.1, -0.05) is 6.07 Å². The molecule has 1 aromatic carbocycles. The molecule has 1 fully saturated rings. The van der Waals surface area contributed by atoms with Crippen molar-refractivity contribution in [1.82, 2.24) is 5.32 Å². The molecule has 16 heavy (non-hydrogen) atoms. The topological polar surface area (TPSA) is 75.4 Å². The van der Waals surface area contributed by atoms with Crippen molar-refractivity contribution in [3.63, 3.8) is 0 Å². The first-order chi connectivity index (χ1) is 7.58. The Labute approximate surface area is 92.3 Å². The van der Waals surface area contributed by atoms with Crippen LogP contribution in [0.3, 0.4) is 0 Å². The van der Waals surface area contributed by atoms with Crippen LogP contribution in [0.25, 0.3) is 0 Å². The fourth-order valence-corrected chi connectivity index (χ4v) is 1.53. The van der Waals surface area contributed by atoms with Crippen molar-refractivity contribution < 1.29 is 14.3 Å². The second-order valence-corrected chi connectivity index (χ2v) is 3.99. The van der Waals surface area contributed by atoms with Crippen molar-refractivity contribution in [3.8, 4) is 5.75 Å². The highest BCUT2D eigenvalue weighted by molar-refractivity contribution is 5.81. The molecule has 5 heteroatoms. The van der Waals surface area contributed by atoms with Crippen molar-refractivity contribution in [2.45, 2.75) is 24.9 Å². The molecule has 2 rings (SSSR count). The number of rotatable bonds is 4. The van der Waals surface area contributed by atoms with Crippen molar-refractivity contribution in [1.29, 1.82) is 0 Å². The van der Waals surface area contributed by atoms with Crippen LogP contribution in [0.15, 0.2) is 18.2 Å². The zero-order valence-corrected chi connectivity index (χ0v) is 8.61. The standard InChI is InChI=1S/C11H13FN2O2/c12-8-5-6(1-4-9(8)15)10(11(13)16)14-7-2-3-7/h1,4-5,7,10,14-15H,2-3H2,(H2,13,16). The minimum absolute atomic E-state index is 0.286. The van der Waals surface area contributed by atoms with E-state index in [1.54, 1.807) is 0 Å². The number of benzene rings is 1. The zero-order valence-electron chi connectivity index (χ0n) is 8.61. The molecule has 1 unspecified atom stereocenters. The summed E-state index contributed by atoms with van der Waals surface area (Å²) in [5.41, 5.74) is 5.69. The molecular formula is C11H13FN2O2. The molecule has 0 bridgehead atoms. The first kappa shape index (κ1) is 10.9. The lowest BCUT2D eigenvalue weighted by Gasteiger charge is -2.15. The summed E-state index contributed by atoms with van der Waals surface area (Å²) in [5, 5.41) is 12.1. The Morgan fingerprint density at radius 3 is 2.75 bits per heavy atom. The van der Waals surface area contributed by atoms with Gasteiger partial charge in [0.15, 0.2) is 11.6 Å². The summed E-state index contributed by atoms with van der Waals surface area (Å²) in [4.78, 5) is 11.2. The number of carbonyl (C=O) groups is 1. The van der Waals surface area contributed by atoms with E-state index < -0.39 is 23.5 Å². The van der Waals surface area contributed by atoms with Gasteiger partial charge in [-0.15, -0.1) is 0 Å². The Morgan fingerprint density at radius 1 is 1.56 bits per heavy atom. The maximum absolute atomic E-state index is 13.1. The number of aromatic hydroxyl groups is 1. The average molecular weight is 224 g/mol. The fraction of sp³-hybridized carbons (Fsp3) is 0.364. The van der Waals surface area contributed by atoms with E-state index in [1.807, 2.05) is 0 Å². The molecule has 4 nitrogen and oxygen atoms in total. The third-order valence-corrected chi connectivity index (χ3v) is 2.57. The van der Waals surface area contributed by atoms with E-state index in [9.17, 15) is 9.18 Å². The number of amides is 1. The molecule has 1 aliphatic carbocycles. The Bertz CT molecular complexity index is 418. The molecule has 0 heterocycles. The van der Waals surface area contributed by atoms with E-state index >= 15 is 0 Å². The SMILES string of the molecule is NC(=O)C(NC1CC1)c1ccc(O)c(F)c1. The van der Waals surface area contributed by atoms with E-state index in [0.717, 1.165) is 18.9 Å². The summed E-state index contributed by atoms with van der Waals surface area (Å²) >= 11 is 0. The molecule has 1 amide bonds. The molecular weight excluding hydrogens is 211 g/mol. The number of nitrogens with one attached hydrogen (secondary N) is 1. The highest BCUT2D eigenvalue weighted by Crippen LogP contribution is 2.26. The molecule has 0 radical (unpaired) electrons. The molecule has 0 aromatic heterocycles. The maximum atomic E-state index is 13.1. The van der Waals surface area contributed by atoms with Crippen molar-refractivity contribution >= 4 is 5.91 Å². The second-order valence-electron chi connectivity index (χ2n) is 3.99. The molecule has 4 N–H and O–H groups in total. The van der Waals surface area contributed by atoms with Crippen LogP contribution >= 0.6 is 0 Å². The molecule has 0 aliphatic heterocycles. The Balaban J connectivity index is 2.22. The highest BCUT2D eigenvalue weighted by Gasteiger charge is 2.28. The lowest BCUT2D eigenvalue weighted by atomic mass is 10.1. The van der Waals surface area contributed by atoms with Gasteiger partial charge in [-0.2, -0.15) is 0 Å². The van der Waals surface area contributed by atoms with E-state index in [2.05, 4.69) is 5.32 Å². The van der Waals surface area contributed by atoms with E-state index in [0.29, 0.717) is 5.56 Å². The Kier molecular flexibility index (Phi) is 2.78. The van der Waals surface area contributed by atoms with Crippen molar-refractivity contribution in [2.24, 2.45) is 5.73 Å². The lowest BCUT2D eigenvalue weighted by molar-refractivity contribution is -0.120. The predicted molar refractivity (Wildman–Crippen MR) is 56.2 cm³/mol. The number of phenolic OH excluding ortho intramolecular Hbond substituents is 1. The number of primary amides is 1. The number of hydrogen-bond donors (Lipinski definition) is 3. The number of carbonyl (C=O) groups excluding carboxylic acids is 1. The van der Waals surface area contributed by atoms with Crippen LogP contribution in [-0.4, -0.2) is 17.1 Å². The van der Waals surface area contributed by atoms with Gasteiger partial charge in [0, 0.05) is 6.04 Å². The van der Waals surface area contributed by atoms with Crippen LogP contribution in [0.4, 0.5) is 4.39 Å². The average Bonchev–Trinajstić information content (AvgIpc) is 3.02. The number of halogens is 1. The molecule has 0 spiro atoms. The summed E-state index contributed by atoms with van der Waals surface area (Å²) in [7, 11) is 0. The molecule has 0 saturated heterocycles. The monoisotopic (exact) mass is 224 g/mol. The van der Waals surface area contributed by atoms with Crippen LogP contribution in [0.1, 0.15) is 24.4 Å². The maximum Gasteiger partial charge on any atom is 0.239 e. The van der Waals surface area contributed by atoms with E-state index in [1.165, 1.54) is 12.1 Å². The lowest BCUT2D eigenvalue weighted by Crippen LogP contribution is -2.34. The minimum Gasteiger partial charge on any atom is -0.505 e. The number of nitrogens with two attached hydrogens (primary N) is 1. The van der Waals surface area contributed by atoms with E-state index in [4.69, 9.17) is 10.8 Å². The smallest absolute Gasteiger partial charge is 0.239 e. The first-order valence-corrected chi connectivity index (χ1v) is 5.11. The number of phenols is 1. The quantitative estimate of drug-likeness (QED) is 0.708. The van der Waals surface area contributed by atoms with Crippen LogP contribution < -0.4 is 11.1 Å². The molecule has 1 saturated carbocycles. The zero-order chi connectivity index (χ0) is 11.7. The Morgan fingerprint density at radius 2 is 2.25 bits per heavy atom. The normalized spacial score (nSPS) is 17.1. The van der Waals surface area contributed by atoms with Crippen LogP contribution in [0.2, 0.25) is 0 Å².